The van der Waals surface area contributed by atoms with Crippen LogP contribution >= 0.6 is 11.6 Å². The third-order valence-electron chi connectivity index (χ3n) is 5.44. The monoisotopic (exact) mass is 493 g/mol. The second-order valence-corrected chi connectivity index (χ2v) is 8.37. The highest BCUT2D eigenvalue weighted by Gasteiger charge is 2.39. The number of nitrogens with one attached hydrogen (secondary N) is 3. The Bertz CT molecular complexity index is 1180. The van der Waals surface area contributed by atoms with Crippen molar-refractivity contribution in [1.82, 2.24) is 9.80 Å². The van der Waals surface area contributed by atoms with Crippen LogP contribution in [-0.4, -0.2) is 53.7 Å². The van der Waals surface area contributed by atoms with Crippen molar-refractivity contribution >= 4 is 40.7 Å². The molecule has 2 aromatic carbocycles. The van der Waals surface area contributed by atoms with Gasteiger partial charge in [0.25, 0.3) is 5.91 Å². The fraction of sp³-hybridized carbons (Fsp3) is 0.250. The molecule has 35 heavy (non-hydrogen) atoms. The van der Waals surface area contributed by atoms with Crippen molar-refractivity contribution in [2.45, 2.75) is 12.5 Å². The zero-order valence-electron chi connectivity index (χ0n) is 18.9. The molecule has 2 aromatic rings. The van der Waals surface area contributed by atoms with Gasteiger partial charge in [-0.2, -0.15) is 10.4 Å². The molecule has 1 aliphatic heterocycles. The van der Waals surface area contributed by atoms with Crippen LogP contribution in [-0.2, 0) is 14.4 Å². The molecule has 11 heteroatoms. The number of anilines is 2. The average Bonchev–Trinajstić information content (AvgIpc) is 3.30. The summed E-state index contributed by atoms with van der Waals surface area (Å²) in [6, 6.07) is 17.0. The Morgan fingerprint density at radius 2 is 1.94 bits per heavy atom. The fourth-order valence-electron chi connectivity index (χ4n) is 3.62. The first-order chi connectivity index (χ1) is 16.8. The highest BCUT2D eigenvalue weighted by atomic mass is 35.5. The number of nitrogens with zero attached hydrogens (tertiary/aromatic N) is 4. The molecule has 180 valence electrons. The molecule has 0 aromatic heterocycles. The van der Waals surface area contributed by atoms with Crippen LogP contribution in [0.3, 0.4) is 0 Å². The molecular formula is C24H24ClN7O3. The van der Waals surface area contributed by atoms with Gasteiger partial charge in [0.15, 0.2) is 5.70 Å². The minimum atomic E-state index is -0.780. The number of carbonyl (C=O) groups excluding carboxylic acids is 3. The average molecular weight is 494 g/mol. The Kier molecular flexibility index (Phi) is 8.53. The molecule has 1 aliphatic rings. The Labute approximate surface area is 207 Å². The lowest BCUT2D eigenvalue weighted by molar-refractivity contribution is -0.137. The quantitative estimate of drug-likeness (QED) is 0.381. The number of halogens is 1. The summed E-state index contributed by atoms with van der Waals surface area (Å²) >= 11 is 5.93. The maximum atomic E-state index is 12.9. The van der Waals surface area contributed by atoms with Gasteiger partial charge in [0.1, 0.15) is 6.04 Å². The van der Waals surface area contributed by atoms with Crippen LogP contribution in [0.25, 0.3) is 0 Å². The van der Waals surface area contributed by atoms with Gasteiger partial charge < -0.3 is 20.4 Å². The Balaban J connectivity index is 1.61. The molecule has 2 atom stereocenters. The minimum Gasteiger partial charge on any atom is -0.359 e. The predicted octanol–water partition coefficient (Wildman–Crippen LogP) is 3.46. The SMILES string of the molecule is CN(CC(=O)N1CC(C(=O)Nc2ccccc2)CC1C#N)C(=O)/C(=C/Nc1cccc(Cl)c1)N=N. The molecule has 3 N–H and O–H groups in total. The van der Waals surface area contributed by atoms with E-state index in [9.17, 15) is 19.6 Å². The molecule has 0 bridgehead atoms. The summed E-state index contributed by atoms with van der Waals surface area (Å²) in [5, 5.41) is 18.9. The first kappa shape index (κ1) is 25.4. The standard InChI is InChI=1S/C24H24ClN7O3/c1-31(24(35)21(30-27)13-28-19-9-5-6-17(25)11-19)15-22(33)32-14-16(10-20(32)12-26)23(34)29-18-7-3-2-4-8-18/h2-9,11,13,16,20,27-28H,10,14-15H2,1H3,(H,29,34)/b21-13-,30-27?. The third-order valence-corrected chi connectivity index (χ3v) is 5.68. The lowest BCUT2D eigenvalue weighted by Crippen LogP contribution is -2.43. The van der Waals surface area contributed by atoms with Crippen molar-refractivity contribution < 1.29 is 14.4 Å². The molecule has 1 saturated heterocycles. The molecule has 0 saturated carbocycles. The molecule has 3 amide bonds. The Hall–Kier alpha value is -4.23. The van der Waals surface area contributed by atoms with Gasteiger partial charge >= 0.3 is 0 Å². The first-order valence-electron chi connectivity index (χ1n) is 10.7. The second kappa shape index (κ2) is 11.8. The van der Waals surface area contributed by atoms with E-state index in [1.54, 1.807) is 48.5 Å². The van der Waals surface area contributed by atoms with Crippen LogP contribution in [0, 0.1) is 22.8 Å². The van der Waals surface area contributed by atoms with Crippen molar-refractivity contribution in [1.29, 1.82) is 10.8 Å². The van der Waals surface area contributed by atoms with Crippen LogP contribution in [0.4, 0.5) is 11.4 Å². The summed E-state index contributed by atoms with van der Waals surface area (Å²) < 4.78 is 0. The third kappa shape index (κ3) is 6.65. The van der Waals surface area contributed by atoms with E-state index in [2.05, 4.69) is 21.8 Å². The van der Waals surface area contributed by atoms with Gasteiger partial charge in [0.2, 0.25) is 11.8 Å². The highest BCUT2D eigenvalue weighted by molar-refractivity contribution is 6.30. The van der Waals surface area contributed by atoms with Crippen LogP contribution in [0.15, 0.2) is 71.6 Å². The van der Waals surface area contributed by atoms with E-state index in [1.807, 2.05) is 6.07 Å². The summed E-state index contributed by atoms with van der Waals surface area (Å²) in [7, 11) is 1.40. The molecule has 3 rings (SSSR count). The maximum absolute atomic E-state index is 12.9. The number of para-hydroxylation sites is 1. The van der Waals surface area contributed by atoms with E-state index >= 15 is 0 Å². The Morgan fingerprint density at radius 3 is 2.60 bits per heavy atom. The van der Waals surface area contributed by atoms with E-state index in [0.717, 1.165) is 4.90 Å². The van der Waals surface area contributed by atoms with Gasteiger partial charge in [0.05, 0.1) is 18.5 Å². The predicted molar refractivity (Wildman–Crippen MR) is 130 cm³/mol. The highest BCUT2D eigenvalue weighted by Crippen LogP contribution is 2.25. The Morgan fingerprint density at radius 1 is 1.23 bits per heavy atom. The zero-order valence-corrected chi connectivity index (χ0v) is 19.7. The second-order valence-electron chi connectivity index (χ2n) is 7.94. The van der Waals surface area contributed by atoms with Crippen molar-refractivity contribution in [3.63, 3.8) is 0 Å². The summed E-state index contributed by atoms with van der Waals surface area (Å²) in [5.74, 6) is -1.96. The van der Waals surface area contributed by atoms with Gasteiger partial charge in [-0.15, -0.1) is 0 Å². The number of hydrogen-bond donors (Lipinski definition) is 3. The van der Waals surface area contributed by atoms with Crippen LogP contribution < -0.4 is 10.6 Å². The molecule has 0 radical (unpaired) electrons. The normalized spacial score (nSPS) is 17.3. The number of nitriles is 1. The molecule has 1 heterocycles. The summed E-state index contributed by atoms with van der Waals surface area (Å²) in [5.41, 5.74) is 8.33. The van der Waals surface area contributed by atoms with Crippen molar-refractivity contribution in [3.05, 3.63) is 71.5 Å². The molecular weight excluding hydrogens is 470 g/mol. The molecule has 0 aliphatic carbocycles. The minimum absolute atomic E-state index is 0.0690. The van der Waals surface area contributed by atoms with E-state index in [1.165, 1.54) is 18.1 Å². The maximum Gasteiger partial charge on any atom is 0.276 e. The van der Waals surface area contributed by atoms with Crippen LogP contribution in [0.1, 0.15) is 6.42 Å². The largest absolute Gasteiger partial charge is 0.359 e. The van der Waals surface area contributed by atoms with Gasteiger partial charge in [-0.05, 0) is 36.8 Å². The van der Waals surface area contributed by atoms with Gasteiger partial charge in [-0.1, -0.05) is 35.9 Å². The van der Waals surface area contributed by atoms with E-state index in [0.29, 0.717) is 16.4 Å². The number of amides is 3. The topological polar surface area (TPSA) is 142 Å². The smallest absolute Gasteiger partial charge is 0.276 e. The first-order valence-corrected chi connectivity index (χ1v) is 11.1. The van der Waals surface area contributed by atoms with Gasteiger partial charge in [-0.25, -0.2) is 5.53 Å². The summed E-state index contributed by atoms with van der Waals surface area (Å²) in [6.07, 6.45) is 1.45. The zero-order chi connectivity index (χ0) is 25.4. The van der Waals surface area contributed by atoms with Crippen LogP contribution in [0.2, 0.25) is 5.02 Å². The number of likely N-dealkylation sites (N-methyl/N-ethyl adjacent to an activating group) is 1. The lowest BCUT2D eigenvalue weighted by Gasteiger charge is -2.23. The van der Waals surface area contributed by atoms with Crippen molar-refractivity contribution in [2.75, 3.05) is 30.8 Å². The molecule has 1 fully saturated rings. The number of likely N-dealkylation sites (tertiary alicyclic amines) is 1. The number of hydrogen-bond acceptors (Lipinski definition) is 7. The number of carbonyl (C=O) groups is 3. The number of benzene rings is 2. The van der Waals surface area contributed by atoms with E-state index < -0.39 is 23.8 Å². The van der Waals surface area contributed by atoms with Crippen molar-refractivity contribution in [3.8, 4) is 6.07 Å². The summed E-state index contributed by atoms with van der Waals surface area (Å²) in [4.78, 5) is 40.7. The lowest BCUT2D eigenvalue weighted by atomic mass is 10.1. The van der Waals surface area contributed by atoms with Crippen LogP contribution in [0.5, 0.6) is 0 Å². The fourth-order valence-corrected chi connectivity index (χ4v) is 3.81. The molecule has 2 unspecified atom stereocenters. The van der Waals surface area contributed by atoms with E-state index in [-0.39, 0.29) is 31.1 Å². The summed E-state index contributed by atoms with van der Waals surface area (Å²) in [6.45, 7) is -0.270. The van der Waals surface area contributed by atoms with Gasteiger partial charge in [-0.3, -0.25) is 14.4 Å². The molecule has 0 spiro atoms. The van der Waals surface area contributed by atoms with Gasteiger partial charge in [0, 0.05) is 36.2 Å². The number of rotatable bonds is 8. The van der Waals surface area contributed by atoms with Crippen molar-refractivity contribution in [2.24, 2.45) is 11.0 Å². The molecule has 10 nitrogen and oxygen atoms in total. The van der Waals surface area contributed by atoms with E-state index in [4.69, 9.17) is 17.1 Å².